The summed E-state index contributed by atoms with van der Waals surface area (Å²) in [6, 6.07) is 3.52. The molecule has 116 valence electrons. The van der Waals surface area contributed by atoms with Crippen LogP contribution >= 0.6 is 0 Å². The van der Waals surface area contributed by atoms with Crippen molar-refractivity contribution in [1.29, 1.82) is 0 Å². The molecule has 4 nitrogen and oxygen atoms in total. The number of alkyl halides is 2. The number of ketones is 1. The van der Waals surface area contributed by atoms with Crippen molar-refractivity contribution in [2.75, 3.05) is 18.5 Å². The molecule has 0 amide bonds. The Balaban J connectivity index is 2.29. The molecule has 0 aliphatic heterocycles. The quantitative estimate of drug-likeness (QED) is 0.560. The van der Waals surface area contributed by atoms with Gasteiger partial charge in [-0.25, -0.2) is 13.8 Å². The van der Waals surface area contributed by atoms with E-state index >= 15 is 0 Å². The summed E-state index contributed by atoms with van der Waals surface area (Å²) in [5.74, 6) is -1.88. The molecule has 1 aromatic rings. The summed E-state index contributed by atoms with van der Waals surface area (Å²) in [7, 11) is 0. The third kappa shape index (κ3) is 8.02. The highest BCUT2D eigenvalue weighted by Crippen LogP contribution is 2.15. The molecule has 21 heavy (non-hydrogen) atoms. The van der Waals surface area contributed by atoms with Gasteiger partial charge >= 0.3 is 0 Å². The summed E-state index contributed by atoms with van der Waals surface area (Å²) in [6.45, 7) is 3.75. The number of aromatic nitrogens is 1. The molecule has 0 fully saturated rings. The molecule has 0 saturated carbocycles. The van der Waals surface area contributed by atoms with Crippen LogP contribution in [-0.2, 0) is 4.79 Å². The topological polar surface area (TPSA) is 51.2 Å². The van der Waals surface area contributed by atoms with Crippen molar-refractivity contribution in [3.05, 3.63) is 30.5 Å². The molecule has 0 radical (unpaired) electrons. The van der Waals surface area contributed by atoms with Gasteiger partial charge in [-0.2, -0.15) is 0 Å². The van der Waals surface area contributed by atoms with Crippen LogP contribution in [0, 0.1) is 0 Å². The first-order valence-corrected chi connectivity index (χ1v) is 6.83. The minimum atomic E-state index is -2.95. The highest BCUT2D eigenvalue weighted by molar-refractivity contribution is 5.89. The van der Waals surface area contributed by atoms with Gasteiger partial charge in [0, 0.05) is 32.2 Å². The van der Waals surface area contributed by atoms with Gasteiger partial charge in [-0.1, -0.05) is 0 Å². The first-order valence-electron chi connectivity index (χ1n) is 6.83. The fourth-order valence-electron chi connectivity index (χ4n) is 1.57. The number of hydrogen-bond donors (Lipinski definition) is 1. The van der Waals surface area contributed by atoms with Crippen molar-refractivity contribution in [1.82, 2.24) is 4.98 Å². The van der Waals surface area contributed by atoms with Gasteiger partial charge in [0.05, 0.1) is 6.61 Å². The second kappa shape index (κ2) is 8.34. The molecule has 1 aromatic heterocycles. The number of hydrogen-bond acceptors (Lipinski definition) is 4. The normalized spacial score (nSPS) is 11.6. The summed E-state index contributed by atoms with van der Waals surface area (Å²) < 4.78 is 30.4. The molecular weight excluding hydrogens is 278 g/mol. The summed E-state index contributed by atoms with van der Waals surface area (Å²) in [5, 5.41) is 3.06. The fourth-order valence-corrected chi connectivity index (χ4v) is 1.57. The van der Waals surface area contributed by atoms with Crippen LogP contribution < -0.4 is 10.1 Å². The van der Waals surface area contributed by atoms with E-state index in [2.05, 4.69) is 10.3 Å². The van der Waals surface area contributed by atoms with E-state index in [1.807, 2.05) is 6.92 Å². The molecule has 0 spiro atoms. The van der Waals surface area contributed by atoms with Crippen LogP contribution in [0.5, 0.6) is 5.75 Å². The summed E-state index contributed by atoms with van der Waals surface area (Å²) in [4.78, 5) is 15.5. The number of nitrogens with one attached hydrogen (secondary N) is 1. The Labute approximate surface area is 123 Å². The molecule has 0 saturated heterocycles. The predicted molar refractivity (Wildman–Crippen MR) is 77.9 cm³/mol. The lowest BCUT2D eigenvalue weighted by Crippen LogP contribution is -2.07. The Morgan fingerprint density at radius 3 is 2.95 bits per heavy atom. The third-order valence-electron chi connectivity index (χ3n) is 2.51. The zero-order valence-electron chi connectivity index (χ0n) is 12.2. The van der Waals surface area contributed by atoms with Crippen LogP contribution in [0.4, 0.5) is 14.6 Å². The molecule has 1 heterocycles. The highest BCUT2D eigenvalue weighted by atomic mass is 19.3. The summed E-state index contributed by atoms with van der Waals surface area (Å²) in [6.07, 6.45) is 3.94. The SMILES string of the molecule is CCOc1ccnc(NCCCC(=O)/C=C/C(C)(F)F)c1. The molecule has 0 aliphatic rings. The van der Waals surface area contributed by atoms with Crippen molar-refractivity contribution in [2.45, 2.75) is 32.6 Å². The third-order valence-corrected chi connectivity index (χ3v) is 2.51. The second-order valence-corrected chi connectivity index (χ2v) is 4.60. The number of nitrogens with zero attached hydrogens (tertiary/aromatic N) is 1. The van der Waals surface area contributed by atoms with Gasteiger partial charge in [0.2, 0.25) is 0 Å². The van der Waals surface area contributed by atoms with Gasteiger partial charge in [-0.05, 0) is 31.6 Å². The molecule has 0 bridgehead atoms. The number of ether oxygens (including phenoxy) is 1. The molecule has 6 heteroatoms. The fraction of sp³-hybridized carbons (Fsp3) is 0.467. The maximum absolute atomic E-state index is 12.5. The highest BCUT2D eigenvalue weighted by Gasteiger charge is 2.15. The van der Waals surface area contributed by atoms with Crippen molar-refractivity contribution < 1.29 is 18.3 Å². The average molecular weight is 298 g/mol. The van der Waals surface area contributed by atoms with Crippen molar-refractivity contribution in [3.8, 4) is 5.75 Å². The number of allylic oxidation sites excluding steroid dienone is 2. The van der Waals surface area contributed by atoms with Crippen molar-refractivity contribution in [3.63, 3.8) is 0 Å². The zero-order valence-corrected chi connectivity index (χ0v) is 12.2. The molecule has 1 N–H and O–H groups in total. The van der Waals surface area contributed by atoms with E-state index in [9.17, 15) is 13.6 Å². The van der Waals surface area contributed by atoms with Gasteiger partial charge in [-0.15, -0.1) is 0 Å². The zero-order chi connectivity index (χ0) is 15.7. The Hall–Kier alpha value is -1.98. The van der Waals surface area contributed by atoms with Gasteiger partial charge < -0.3 is 10.1 Å². The lowest BCUT2D eigenvalue weighted by molar-refractivity contribution is -0.114. The van der Waals surface area contributed by atoms with Crippen LogP contribution in [0.2, 0.25) is 0 Å². The molecule has 0 unspecified atom stereocenters. The largest absolute Gasteiger partial charge is 0.494 e. The van der Waals surface area contributed by atoms with Crippen LogP contribution in [0.15, 0.2) is 30.5 Å². The van der Waals surface area contributed by atoms with E-state index in [4.69, 9.17) is 4.74 Å². The smallest absolute Gasteiger partial charge is 0.264 e. The molecule has 0 aliphatic carbocycles. The van der Waals surface area contributed by atoms with E-state index in [1.165, 1.54) is 0 Å². The van der Waals surface area contributed by atoms with Crippen molar-refractivity contribution in [2.24, 2.45) is 0 Å². The van der Waals surface area contributed by atoms with E-state index in [1.54, 1.807) is 18.3 Å². The van der Waals surface area contributed by atoms with E-state index in [0.29, 0.717) is 31.5 Å². The maximum atomic E-state index is 12.5. The van der Waals surface area contributed by atoms with Gasteiger partial charge in [0.25, 0.3) is 5.92 Å². The Bertz CT molecular complexity index is 485. The van der Waals surface area contributed by atoms with Crippen LogP contribution in [0.1, 0.15) is 26.7 Å². The lowest BCUT2D eigenvalue weighted by Gasteiger charge is -2.07. The Morgan fingerprint density at radius 2 is 2.29 bits per heavy atom. The number of carbonyl (C=O) groups is 1. The van der Waals surface area contributed by atoms with E-state index in [0.717, 1.165) is 18.7 Å². The second-order valence-electron chi connectivity index (χ2n) is 4.60. The lowest BCUT2D eigenvalue weighted by atomic mass is 10.2. The van der Waals surface area contributed by atoms with Crippen molar-refractivity contribution >= 4 is 11.6 Å². The van der Waals surface area contributed by atoms with Gasteiger partial charge in [-0.3, -0.25) is 4.79 Å². The first-order chi connectivity index (χ1) is 9.90. The summed E-state index contributed by atoms with van der Waals surface area (Å²) in [5.41, 5.74) is 0. The van der Waals surface area contributed by atoms with Crippen LogP contribution in [0.3, 0.4) is 0 Å². The average Bonchev–Trinajstić information content (AvgIpc) is 2.41. The minimum Gasteiger partial charge on any atom is -0.494 e. The Morgan fingerprint density at radius 1 is 1.52 bits per heavy atom. The predicted octanol–water partition coefficient (Wildman–Crippen LogP) is 3.45. The van der Waals surface area contributed by atoms with Gasteiger partial charge in [0.1, 0.15) is 11.6 Å². The minimum absolute atomic E-state index is 0.213. The standard InChI is InChI=1S/C15H20F2N2O2/c1-3-21-13-7-10-19-14(11-13)18-9-4-5-12(20)6-8-15(2,16)17/h6-8,10-11H,3-5,9H2,1-2H3,(H,18,19)/b8-6+. The van der Waals surface area contributed by atoms with Gasteiger partial charge in [0.15, 0.2) is 5.78 Å². The number of halogens is 2. The number of rotatable bonds is 9. The number of anilines is 1. The van der Waals surface area contributed by atoms with Crippen LogP contribution in [-0.4, -0.2) is 29.8 Å². The summed E-state index contributed by atoms with van der Waals surface area (Å²) >= 11 is 0. The first kappa shape index (κ1) is 17.1. The molecule has 0 atom stereocenters. The molecule has 1 rings (SSSR count). The van der Waals surface area contributed by atoms with Crippen LogP contribution in [0.25, 0.3) is 0 Å². The molecule has 0 aromatic carbocycles. The number of carbonyl (C=O) groups excluding carboxylic acids is 1. The Kier molecular flexibility index (Phi) is 6.78. The maximum Gasteiger partial charge on any atom is 0.264 e. The van der Waals surface area contributed by atoms with E-state index in [-0.39, 0.29) is 12.2 Å². The number of pyridine rings is 1. The molecular formula is C15H20F2N2O2. The monoisotopic (exact) mass is 298 g/mol. The van der Waals surface area contributed by atoms with E-state index < -0.39 is 5.92 Å².